The molecule has 0 radical (unpaired) electrons. The Bertz CT molecular complexity index is 905. The number of aromatic nitrogens is 1. The molecule has 2 aromatic carbocycles. The summed E-state index contributed by atoms with van der Waals surface area (Å²) in [6, 6.07) is 13.9. The quantitative estimate of drug-likeness (QED) is 0.607. The van der Waals surface area contributed by atoms with Gasteiger partial charge in [-0.05, 0) is 55.3 Å². The van der Waals surface area contributed by atoms with Crippen molar-refractivity contribution in [2.75, 3.05) is 11.9 Å². The molecule has 1 N–H and O–H groups in total. The van der Waals surface area contributed by atoms with Crippen molar-refractivity contribution in [1.82, 2.24) is 4.98 Å². The molecular formula is C21H21FN2O2S. The molecule has 3 rings (SSSR count). The van der Waals surface area contributed by atoms with Gasteiger partial charge in [-0.1, -0.05) is 25.5 Å². The third-order valence-corrected chi connectivity index (χ3v) is 4.88. The lowest BCUT2D eigenvalue weighted by atomic mass is 10.1. The number of rotatable bonds is 7. The van der Waals surface area contributed by atoms with Crippen LogP contribution in [0.2, 0.25) is 0 Å². The molecule has 4 nitrogen and oxygen atoms in total. The molecule has 0 bridgehead atoms. The molecule has 1 heterocycles. The van der Waals surface area contributed by atoms with Crippen LogP contribution in [0.3, 0.4) is 0 Å². The van der Waals surface area contributed by atoms with Gasteiger partial charge in [-0.25, -0.2) is 9.37 Å². The van der Waals surface area contributed by atoms with E-state index >= 15 is 0 Å². The van der Waals surface area contributed by atoms with Crippen molar-refractivity contribution in [2.24, 2.45) is 0 Å². The van der Waals surface area contributed by atoms with Crippen molar-refractivity contribution in [1.29, 1.82) is 0 Å². The third kappa shape index (κ3) is 5.14. The van der Waals surface area contributed by atoms with E-state index in [0.29, 0.717) is 10.9 Å². The summed E-state index contributed by atoms with van der Waals surface area (Å²) in [6.07, 6.45) is 2.12. The number of nitrogens with one attached hydrogen (secondary N) is 1. The molecular weight excluding hydrogens is 363 g/mol. The van der Waals surface area contributed by atoms with E-state index < -0.39 is 0 Å². The van der Waals surface area contributed by atoms with Gasteiger partial charge in [-0.15, -0.1) is 11.3 Å². The zero-order chi connectivity index (χ0) is 19.2. The normalized spacial score (nSPS) is 10.6. The first-order valence-electron chi connectivity index (χ1n) is 8.80. The van der Waals surface area contributed by atoms with E-state index in [1.807, 2.05) is 31.2 Å². The van der Waals surface area contributed by atoms with Crippen molar-refractivity contribution in [3.05, 3.63) is 64.8 Å². The summed E-state index contributed by atoms with van der Waals surface area (Å²) in [6.45, 7) is 3.97. The number of thiazole rings is 1. The number of benzene rings is 2. The van der Waals surface area contributed by atoms with E-state index in [2.05, 4.69) is 17.2 Å². The average molecular weight is 384 g/mol. The monoisotopic (exact) mass is 384 g/mol. The first-order chi connectivity index (χ1) is 13.0. The van der Waals surface area contributed by atoms with Crippen LogP contribution in [-0.2, 0) is 11.2 Å². The van der Waals surface area contributed by atoms with Crippen LogP contribution >= 0.6 is 11.3 Å². The summed E-state index contributed by atoms with van der Waals surface area (Å²) in [4.78, 5) is 17.5. The Morgan fingerprint density at radius 3 is 2.52 bits per heavy atom. The predicted molar refractivity (Wildman–Crippen MR) is 107 cm³/mol. The molecule has 0 aliphatic rings. The van der Waals surface area contributed by atoms with Crippen molar-refractivity contribution >= 4 is 22.4 Å². The van der Waals surface area contributed by atoms with E-state index in [4.69, 9.17) is 4.74 Å². The molecule has 1 aromatic heterocycles. The maximum atomic E-state index is 13.1. The summed E-state index contributed by atoms with van der Waals surface area (Å²) in [5.74, 6) is 0.0967. The molecule has 0 spiro atoms. The van der Waals surface area contributed by atoms with Crippen molar-refractivity contribution in [3.8, 4) is 17.0 Å². The van der Waals surface area contributed by atoms with Gasteiger partial charge in [0.2, 0.25) is 0 Å². The van der Waals surface area contributed by atoms with Gasteiger partial charge in [0, 0.05) is 10.4 Å². The van der Waals surface area contributed by atoms with Crippen LogP contribution in [0.4, 0.5) is 9.52 Å². The Hall–Kier alpha value is -2.73. The second-order valence-electron chi connectivity index (χ2n) is 6.16. The standard InChI is InChI=1S/C21H21FN2O2S/c1-3-4-15-5-11-18(12-6-15)26-13-19(25)23-21-24-20(14(2)27-21)16-7-9-17(22)10-8-16/h5-12H,3-4,13H2,1-2H3,(H,23,24,25). The van der Waals surface area contributed by atoms with Gasteiger partial charge in [0.05, 0.1) is 5.69 Å². The third-order valence-electron chi connectivity index (χ3n) is 3.99. The molecule has 27 heavy (non-hydrogen) atoms. The molecule has 140 valence electrons. The van der Waals surface area contributed by atoms with Crippen LogP contribution in [0.15, 0.2) is 48.5 Å². The maximum Gasteiger partial charge on any atom is 0.264 e. The number of anilines is 1. The van der Waals surface area contributed by atoms with Crippen LogP contribution in [0.25, 0.3) is 11.3 Å². The molecule has 0 aliphatic carbocycles. The first kappa shape index (κ1) is 19.0. The van der Waals surface area contributed by atoms with Crippen molar-refractivity contribution in [2.45, 2.75) is 26.7 Å². The van der Waals surface area contributed by atoms with Crippen LogP contribution in [0.5, 0.6) is 5.75 Å². The molecule has 0 atom stereocenters. The van der Waals surface area contributed by atoms with E-state index in [1.165, 1.54) is 29.0 Å². The summed E-state index contributed by atoms with van der Waals surface area (Å²) >= 11 is 1.38. The van der Waals surface area contributed by atoms with Crippen LogP contribution in [-0.4, -0.2) is 17.5 Å². The summed E-state index contributed by atoms with van der Waals surface area (Å²) < 4.78 is 18.6. The maximum absolute atomic E-state index is 13.1. The van der Waals surface area contributed by atoms with Gasteiger partial charge in [-0.3, -0.25) is 10.1 Å². The number of aryl methyl sites for hydroxylation is 2. The fourth-order valence-corrected chi connectivity index (χ4v) is 3.52. The smallest absolute Gasteiger partial charge is 0.264 e. The van der Waals surface area contributed by atoms with E-state index in [-0.39, 0.29) is 18.3 Å². The Morgan fingerprint density at radius 1 is 1.15 bits per heavy atom. The number of carbonyl (C=O) groups is 1. The van der Waals surface area contributed by atoms with E-state index in [1.54, 1.807) is 12.1 Å². The Morgan fingerprint density at radius 2 is 1.85 bits per heavy atom. The molecule has 0 fully saturated rings. The largest absolute Gasteiger partial charge is 0.484 e. The van der Waals surface area contributed by atoms with Crippen molar-refractivity contribution < 1.29 is 13.9 Å². The molecule has 0 unspecified atom stereocenters. The zero-order valence-electron chi connectivity index (χ0n) is 15.3. The minimum absolute atomic E-state index is 0.0857. The second-order valence-corrected chi connectivity index (χ2v) is 7.36. The minimum atomic E-state index is -0.292. The number of nitrogens with zero attached hydrogens (tertiary/aromatic N) is 1. The number of hydrogen-bond acceptors (Lipinski definition) is 4. The number of carbonyl (C=O) groups excluding carboxylic acids is 1. The average Bonchev–Trinajstić information content (AvgIpc) is 3.02. The van der Waals surface area contributed by atoms with Gasteiger partial charge in [-0.2, -0.15) is 0 Å². The topological polar surface area (TPSA) is 51.2 Å². The lowest BCUT2D eigenvalue weighted by molar-refractivity contribution is -0.118. The Labute approximate surface area is 162 Å². The van der Waals surface area contributed by atoms with E-state index in [9.17, 15) is 9.18 Å². The first-order valence-corrected chi connectivity index (χ1v) is 9.61. The van der Waals surface area contributed by atoms with Crippen LogP contribution < -0.4 is 10.1 Å². The molecule has 3 aromatic rings. The number of amides is 1. The SMILES string of the molecule is CCCc1ccc(OCC(=O)Nc2nc(-c3ccc(F)cc3)c(C)s2)cc1. The Balaban J connectivity index is 1.58. The van der Waals surface area contributed by atoms with Crippen molar-refractivity contribution in [3.63, 3.8) is 0 Å². The van der Waals surface area contributed by atoms with Gasteiger partial charge in [0.15, 0.2) is 11.7 Å². The summed E-state index contributed by atoms with van der Waals surface area (Å²) in [7, 11) is 0. The molecule has 0 saturated heterocycles. The van der Waals surface area contributed by atoms with Gasteiger partial charge in [0.1, 0.15) is 11.6 Å². The molecule has 0 aliphatic heterocycles. The predicted octanol–water partition coefficient (Wildman–Crippen LogP) is 5.23. The molecule has 6 heteroatoms. The Kier molecular flexibility index (Phi) is 6.19. The molecule has 1 amide bonds. The fraction of sp³-hybridized carbons (Fsp3) is 0.238. The van der Waals surface area contributed by atoms with Crippen LogP contribution in [0.1, 0.15) is 23.8 Å². The number of halogens is 1. The lowest BCUT2D eigenvalue weighted by Gasteiger charge is -2.06. The van der Waals surface area contributed by atoms with Crippen LogP contribution in [0, 0.1) is 12.7 Å². The summed E-state index contributed by atoms with van der Waals surface area (Å²) in [5, 5.41) is 3.25. The second kappa shape index (κ2) is 8.77. The highest BCUT2D eigenvalue weighted by Crippen LogP contribution is 2.30. The number of hydrogen-bond donors (Lipinski definition) is 1. The highest BCUT2D eigenvalue weighted by molar-refractivity contribution is 7.16. The van der Waals surface area contributed by atoms with E-state index in [0.717, 1.165) is 29.0 Å². The summed E-state index contributed by atoms with van der Waals surface area (Å²) in [5.41, 5.74) is 2.80. The molecule has 0 saturated carbocycles. The number of ether oxygens (including phenoxy) is 1. The minimum Gasteiger partial charge on any atom is -0.484 e. The van der Waals surface area contributed by atoms with Gasteiger partial charge < -0.3 is 4.74 Å². The highest BCUT2D eigenvalue weighted by atomic mass is 32.1. The zero-order valence-corrected chi connectivity index (χ0v) is 16.1. The van der Waals surface area contributed by atoms with Gasteiger partial charge >= 0.3 is 0 Å². The van der Waals surface area contributed by atoms with Gasteiger partial charge in [0.25, 0.3) is 5.91 Å². The highest BCUT2D eigenvalue weighted by Gasteiger charge is 2.12. The fourth-order valence-electron chi connectivity index (χ4n) is 2.67. The lowest BCUT2D eigenvalue weighted by Crippen LogP contribution is -2.20.